The highest BCUT2D eigenvalue weighted by Gasteiger charge is 2.40. The zero-order valence-corrected chi connectivity index (χ0v) is 11.3. The molecular weight excluding hydrogens is 240 g/mol. The molecule has 19 heavy (non-hydrogen) atoms. The maximum absolute atomic E-state index is 11.5. The molecule has 0 aliphatic heterocycles. The van der Waals surface area contributed by atoms with E-state index in [-0.39, 0.29) is 5.97 Å². The molecular formula is C16H20O3. The number of rotatable bonds is 4. The third kappa shape index (κ3) is 2.60. The van der Waals surface area contributed by atoms with Gasteiger partial charge < -0.3 is 9.47 Å². The van der Waals surface area contributed by atoms with E-state index >= 15 is 0 Å². The van der Waals surface area contributed by atoms with Crippen LogP contribution in [0.15, 0.2) is 24.3 Å². The van der Waals surface area contributed by atoms with Crippen molar-refractivity contribution >= 4 is 5.97 Å². The van der Waals surface area contributed by atoms with Gasteiger partial charge in [0.2, 0.25) is 0 Å². The first-order valence-corrected chi connectivity index (χ1v) is 7.20. The fourth-order valence-corrected chi connectivity index (χ4v) is 3.39. The molecule has 102 valence electrons. The molecule has 0 spiro atoms. The molecule has 2 aliphatic carbocycles. The minimum atomic E-state index is -0.269. The molecule has 0 N–H and O–H groups in total. The summed E-state index contributed by atoms with van der Waals surface area (Å²) in [5.74, 6) is 2.23. The molecule has 0 saturated heterocycles. The smallest absolute Gasteiger partial charge is 0.338 e. The summed E-state index contributed by atoms with van der Waals surface area (Å²) in [5, 5.41) is 0. The van der Waals surface area contributed by atoms with Crippen molar-refractivity contribution < 1.29 is 14.3 Å². The monoisotopic (exact) mass is 260 g/mol. The lowest BCUT2D eigenvalue weighted by atomic mass is 9.98. The second-order valence-corrected chi connectivity index (χ2v) is 5.58. The summed E-state index contributed by atoms with van der Waals surface area (Å²) in [6, 6.07) is 7.30. The zero-order chi connectivity index (χ0) is 13.2. The Morgan fingerprint density at radius 1 is 1.21 bits per heavy atom. The largest absolute Gasteiger partial charge is 0.490 e. The Morgan fingerprint density at radius 2 is 2.00 bits per heavy atom. The van der Waals surface area contributed by atoms with E-state index in [1.807, 2.05) is 19.1 Å². The van der Waals surface area contributed by atoms with Gasteiger partial charge in [-0.25, -0.2) is 4.79 Å². The van der Waals surface area contributed by atoms with Crippen molar-refractivity contribution in [1.82, 2.24) is 0 Å². The van der Waals surface area contributed by atoms with Crippen molar-refractivity contribution in [2.24, 2.45) is 11.8 Å². The molecule has 3 rings (SSSR count). The van der Waals surface area contributed by atoms with Crippen LogP contribution in [0.3, 0.4) is 0 Å². The lowest BCUT2D eigenvalue weighted by Crippen LogP contribution is -2.23. The maximum Gasteiger partial charge on any atom is 0.338 e. The van der Waals surface area contributed by atoms with Crippen LogP contribution in [0, 0.1) is 11.8 Å². The first-order chi connectivity index (χ1) is 9.26. The Hall–Kier alpha value is -1.51. The summed E-state index contributed by atoms with van der Waals surface area (Å²) >= 11 is 0. The number of carbonyl (C=O) groups excluding carboxylic acids is 1. The van der Waals surface area contributed by atoms with E-state index in [1.54, 1.807) is 12.1 Å². The van der Waals surface area contributed by atoms with Crippen molar-refractivity contribution in [2.75, 3.05) is 6.61 Å². The molecule has 3 atom stereocenters. The van der Waals surface area contributed by atoms with Crippen molar-refractivity contribution in [3.05, 3.63) is 29.8 Å². The molecule has 2 bridgehead atoms. The fourth-order valence-electron chi connectivity index (χ4n) is 3.39. The van der Waals surface area contributed by atoms with Gasteiger partial charge in [0.15, 0.2) is 0 Å². The van der Waals surface area contributed by atoms with Crippen LogP contribution in [0.2, 0.25) is 0 Å². The number of benzene rings is 1. The van der Waals surface area contributed by atoms with Crippen LogP contribution in [0.1, 0.15) is 43.0 Å². The Kier molecular flexibility index (Phi) is 3.45. The lowest BCUT2D eigenvalue weighted by molar-refractivity contribution is 0.0526. The summed E-state index contributed by atoms with van der Waals surface area (Å²) < 4.78 is 11.0. The molecule has 0 aromatic heterocycles. The average molecular weight is 260 g/mol. The highest BCUT2D eigenvalue weighted by atomic mass is 16.5. The van der Waals surface area contributed by atoms with Crippen LogP contribution in [0.25, 0.3) is 0 Å². The Morgan fingerprint density at radius 3 is 2.58 bits per heavy atom. The van der Waals surface area contributed by atoms with Crippen molar-refractivity contribution in [3.8, 4) is 5.75 Å². The SMILES string of the molecule is CCOC(=O)c1ccc(OC2CC3CCC2C3)cc1. The first-order valence-electron chi connectivity index (χ1n) is 7.20. The number of fused-ring (bicyclic) bond motifs is 2. The topological polar surface area (TPSA) is 35.5 Å². The van der Waals surface area contributed by atoms with Crippen molar-refractivity contribution in [3.63, 3.8) is 0 Å². The van der Waals surface area contributed by atoms with Gasteiger partial charge >= 0.3 is 5.97 Å². The van der Waals surface area contributed by atoms with Gasteiger partial charge in [-0.2, -0.15) is 0 Å². The minimum absolute atomic E-state index is 0.269. The standard InChI is InChI=1S/C16H20O3/c1-2-18-16(17)12-5-7-14(8-6-12)19-15-10-11-3-4-13(15)9-11/h5-8,11,13,15H,2-4,9-10H2,1H3. The molecule has 2 fully saturated rings. The molecule has 0 heterocycles. The Labute approximate surface area is 113 Å². The van der Waals surface area contributed by atoms with E-state index in [0.717, 1.165) is 17.6 Å². The molecule has 3 heteroatoms. The van der Waals surface area contributed by atoms with Gasteiger partial charge in [0, 0.05) is 0 Å². The number of esters is 1. The van der Waals surface area contributed by atoms with E-state index in [9.17, 15) is 4.79 Å². The molecule has 3 nitrogen and oxygen atoms in total. The van der Waals surface area contributed by atoms with Crippen LogP contribution < -0.4 is 4.74 Å². The third-order valence-electron chi connectivity index (χ3n) is 4.33. The predicted molar refractivity (Wildman–Crippen MR) is 72.3 cm³/mol. The van der Waals surface area contributed by atoms with Crippen LogP contribution in [-0.4, -0.2) is 18.7 Å². The molecule has 2 aliphatic rings. The maximum atomic E-state index is 11.5. The van der Waals surface area contributed by atoms with Gasteiger partial charge in [0.05, 0.1) is 12.2 Å². The van der Waals surface area contributed by atoms with Crippen LogP contribution in [0.5, 0.6) is 5.75 Å². The van der Waals surface area contributed by atoms with E-state index < -0.39 is 0 Å². The van der Waals surface area contributed by atoms with Gasteiger partial charge in [-0.1, -0.05) is 0 Å². The number of hydrogen-bond donors (Lipinski definition) is 0. The normalized spacial score (nSPS) is 28.4. The number of ether oxygens (including phenoxy) is 2. The van der Waals surface area contributed by atoms with Crippen LogP contribution in [-0.2, 0) is 4.74 Å². The summed E-state index contributed by atoms with van der Waals surface area (Å²) in [6.45, 7) is 2.22. The Bertz CT molecular complexity index is 452. The summed E-state index contributed by atoms with van der Waals surface area (Å²) in [5.41, 5.74) is 0.585. The summed E-state index contributed by atoms with van der Waals surface area (Å²) in [7, 11) is 0. The van der Waals surface area contributed by atoms with Gasteiger partial charge in [-0.3, -0.25) is 0 Å². The predicted octanol–water partition coefficient (Wildman–Crippen LogP) is 3.43. The van der Waals surface area contributed by atoms with E-state index in [0.29, 0.717) is 18.3 Å². The molecule has 0 radical (unpaired) electrons. The molecule has 2 saturated carbocycles. The highest BCUT2D eigenvalue weighted by molar-refractivity contribution is 5.89. The summed E-state index contributed by atoms with van der Waals surface area (Å²) in [4.78, 5) is 11.5. The number of carbonyl (C=O) groups is 1. The van der Waals surface area contributed by atoms with Crippen LogP contribution in [0.4, 0.5) is 0 Å². The van der Waals surface area contributed by atoms with Gasteiger partial charge in [-0.15, -0.1) is 0 Å². The molecule has 0 amide bonds. The lowest BCUT2D eigenvalue weighted by Gasteiger charge is -2.23. The van der Waals surface area contributed by atoms with E-state index in [2.05, 4.69) is 0 Å². The van der Waals surface area contributed by atoms with Crippen LogP contribution >= 0.6 is 0 Å². The molecule has 1 aromatic carbocycles. The zero-order valence-electron chi connectivity index (χ0n) is 11.3. The quantitative estimate of drug-likeness (QED) is 0.778. The van der Waals surface area contributed by atoms with E-state index in [4.69, 9.17) is 9.47 Å². The minimum Gasteiger partial charge on any atom is -0.490 e. The number of hydrogen-bond acceptors (Lipinski definition) is 3. The van der Waals surface area contributed by atoms with Crippen molar-refractivity contribution in [1.29, 1.82) is 0 Å². The second-order valence-electron chi connectivity index (χ2n) is 5.58. The third-order valence-corrected chi connectivity index (χ3v) is 4.33. The Balaban J connectivity index is 1.61. The second kappa shape index (κ2) is 5.24. The van der Waals surface area contributed by atoms with Crippen molar-refractivity contribution in [2.45, 2.75) is 38.7 Å². The molecule has 1 aromatic rings. The van der Waals surface area contributed by atoms with E-state index in [1.165, 1.54) is 25.7 Å². The van der Waals surface area contributed by atoms with Gasteiger partial charge in [0.1, 0.15) is 11.9 Å². The first kappa shape index (κ1) is 12.5. The highest BCUT2D eigenvalue weighted by Crippen LogP contribution is 2.45. The van der Waals surface area contributed by atoms with Gasteiger partial charge in [-0.05, 0) is 68.7 Å². The summed E-state index contributed by atoms with van der Waals surface area (Å²) in [6.07, 6.45) is 5.62. The molecule has 3 unspecified atom stereocenters. The van der Waals surface area contributed by atoms with Gasteiger partial charge in [0.25, 0.3) is 0 Å². The fraction of sp³-hybridized carbons (Fsp3) is 0.562. The average Bonchev–Trinajstić information content (AvgIpc) is 3.02.